The highest BCUT2D eigenvalue weighted by atomic mass is 14.9. The zero-order chi connectivity index (χ0) is 10.6. The largest absolute Gasteiger partial charge is 0.382 e. The van der Waals surface area contributed by atoms with Crippen LogP contribution in [0.15, 0.2) is 23.3 Å². The van der Waals surface area contributed by atoms with Gasteiger partial charge in [-0.25, -0.2) is 0 Å². The molecule has 0 aliphatic heterocycles. The van der Waals surface area contributed by atoms with Gasteiger partial charge in [0.05, 0.1) is 0 Å². The maximum atomic E-state index is 5.86. The van der Waals surface area contributed by atoms with Gasteiger partial charge in [-0.05, 0) is 31.9 Å². The van der Waals surface area contributed by atoms with Crippen LogP contribution < -0.4 is 5.73 Å². The van der Waals surface area contributed by atoms with Gasteiger partial charge < -0.3 is 5.73 Å². The van der Waals surface area contributed by atoms with Crippen LogP contribution in [0.5, 0.6) is 0 Å². The number of nitrogens with two attached hydrogens (primary N) is 1. The van der Waals surface area contributed by atoms with Crippen LogP contribution in [0.4, 0.5) is 0 Å². The van der Waals surface area contributed by atoms with Crippen LogP contribution in [-0.4, -0.2) is 16.9 Å². The molecule has 14 heavy (non-hydrogen) atoms. The SMILES string of the molecule is CCc1cccnc1C(N)=NC(C)C. The summed E-state index contributed by atoms with van der Waals surface area (Å²) in [6, 6.07) is 4.16. The Labute approximate surface area is 85.1 Å². The molecule has 1 aromatic rings. The van der Waals surface area contributed by atoms with Gasteiger partial charge >= 0.3 is 0 Å². The second-order valence-corrected chi connectivity index (χ2v) is 3.47. The van der Waals surface area contributed by atoms with Crippen molar-refractivity contribution in [3.05, 3.63) is 29.6 Å². The molecule has 3 heteroatoms. The minimum absolute atomic E-state index is 0.210. The molecule has 0 aromatic carbocycles. The van der Waals surface area contributed by atoms with Crippen molar-refractivity contribution in [3.63, 3.8) is 0 Å². The molecule has 0 fully saturated rings. The fourth-order valence-electron chi connectivity index (χ4n) is 1.29. The topological polar surface area (TPSA) is 51.3 Å². The highest BCUT2D eigenvalue weighted by molar-refractivity contribution is 5.97. The lowest BCUT2D eigenvalue weighted by molar-refractivity contribution is 0.832. The Balaban J connectivity index is 3.05. The van der Waals surface area contributed by atoms with Gasteiger partial charge in [0.15, 0.2) is 0 Å². The number of aryl methyl sites for hydroxylation is 1. The molecule has 76 valence electrons. The molecule has 0 aliphatic rings. The first-order valence-corrected chi connectivity index (χ1v) is 4.92. The molecule has 2 N–H and O–H groups in total. The van der Waals surface area contributed by atoms with E-state index in [0.717, 1.165) is 17.7 Å². The van der Waals surface area contributed by atoms with Gasteiger partial charge in [-0.3, -0.25) is 9.98 Å². The van der Waals surface area contributed by atoms with Crippen molar-refractivity contribution in [1.82, 2.24) is 4.98 Å². The Bertz CT molecular complexity index is 329. The van der Waals surface area contributed by atoms with Crippen LogP contribution in [0.25, 0.3) is 0 Å². The third kappa shape index (κ3) is 2.55. The number of hydrogen-bond donors (Lipinski definition) is 1. The number of amidine groups is 1. The highest BCUT2D eigenvalue weighted by Crippen LogP contribution is 2.06. The molecular formula is C11H17N3. The van der Waals surface area contributed by atoms with Gasteiger partial charge in [-0.15, -0.1) is 0 Å². The first-order valence-electron chi connectivity index (χ1n) is 4.92. The molecule has 1 heterocycles. The molecule has 0 radical (unpaired) electrons. The van der Waals surface area contributed by atoms with E-state index in [1.54, 1.807) is 6.20 Å². The summed E-state index contributed by atoms with van der Waals surface area (Å²) in [5.41, 5.74) is 7.83. The summed E-state index contributed by atoms with van der Waals surface area (Å²) in [6.45, 7) is 6.09. The summed E-state index contributed by atoms with van der Waals surface area (Å²) in [7, 11) is 0. The molecule has 0 saturated carbocycles. The molecule has 1 rings (SSSR count). The molecule has 0 atom stereocenters. The number of rotatable bonds is 3. The minimum Gasteiger partial charge on any atom is -0.382 e. The smallest absolute Gasteiger partial charge is 0.145 e. The van der Waals surface area contributed by atoms with Gasteiger partial charge in [0.25, 0.3) is 0 Å². The summed E-state index contributed by atoms with van der Waals surface area (Å²) in [6.07, 6.45) is 2.68. The normalized spacial score (nSPS) is 12.1. The van der Waals surface area contributed by atoms with Crippen LogP contribution in [0.1, 0.15) is 32.0 Å². The molecule has 0 saturated heterocycles. The van der Waals surface area contributed by atoms with Crippen molar-refractivity contribution in [1.29, 1.82) is 0 Å². The van der Waals surface area contributed by atoms with Crippen molar-refractivity contribution >= 4 is 5.84 Å². The maximum Gasteiger partial charge on any atom is 0.145 e. The van der Waals surface area contributed by atoms with Gasteiger partial charge in [0.2, 0.25) is 0 Å². The molecule has 0 spiro atoms. The molecule has 0 aliphatic carbocycles. The first kappa shape index (κ1) is 10.7. The zero-order valence-electron chi connectivity index (χ0n) is 8.99. The van der Waals surface area contributed by atoms with Gasteiger partial charge in [-0.2, -0.15) is 0 Å². The second-order valence-electron chi connectivity index (χ2n) is 3.47. The second kappa shape index (κ2) is 4.74. The average Bonchev–Trinajstić information content (AvgIpc) is 2.16. The predicted octanol–water partition coefficient (Wildman–Crippen LogP) is 1.76. The van der Waals surface area contributed by atoms with Crippen LogP contribution >= 0.6 is 0 Å². The van der Waals surface area contributed by atoms with Gasteiger partial charge in [0.1, 0.15) is 11.5 Å². The lowest BCUT2D eigenvalue weighted by atomic mass is 10.1. The quantitative estimate of drug-likeness (QED) is 0.584. The number of aliphatic imine (C=N–C) groups is 1. The van der Waals surface area contributed by atoms with E-state index in [-0.39, 0.29) is 6.04 Å². The molecule has 1 aromatic heterocycles. The number of aromatic nitrogens is 1. The Morgan fingerprint density at radius 1 is 1.57 bits per heavy atom. The fourth-order valence-corrected chi connectivity index (χ4v) is 1.29. The Morgan fingerprint density at radius 2 is 2.29 bits per heavy atom. The maximum absolute atomic E-state index is 5.86. The monoisotopic (exact) mass is 191 g/mol. The van der Waals surface area contributed by atoms with E-state index in [1.807, 2.05) is 26.0 Å². The molecule has 0 bridgehead atoms. The predicted molar refractivity (Wildman–Crippen MR) is 59.5 cm³/mol. The third-order valence-electron chi connectivity index (χ3n) is 1.91. The summed E-state index contributed by atoms with van der Waals surface area (Å²) in [5, 5.41) is 0. The average molecular weight is 191 g/mol. The van der Waals surface area contributed by atoms with E-state index in [1.165, 1.54) is 0 Å². The van der Waals surface area contributed by atoms with Crippen LogP contribution in [0, 0.1) is 0 Å². The molecule has 0 amide bonds. The number of hydrogen-bond acceptors (Lipinski definition) is 2. The summed E-state index contributed by atoms with van der Waals surface area (Å²) >= 11 is 0. The van der Waals surface area contributed by atoms with Gasteiger partial charge in [-0.1, -0.05) is 13.0 Å². The van der Waals surface area contributed by atoms with Crippen molar-refractivity contribution in [2.24, 2.45) is 10.7 Å². The third-order valence-corrected chi connectivity index (χ3v) is 1.91. The summed E-state index contributed by atoms with van der Waals surface area (Å²) in [5.74, 6) is 0.539. The van der Waals surface area contributed by atoms with E-state index < -0.39 is 0 Å². The Kier molecular flexibility index (Phi) is 3.63. The molecule has 0 unspecified atom stereocenters. The van der Waals surface area contributed by atoms with Gasteiger partial charge in [0, 0.05) is 12.2 Å². The van der Waals surface area contributed by atoms with Crippen LogP contribution in [-0.2, 0) is 6.42 Å². The van der Waals surface area contributed by atoms with E-state index in [0.29, 0.717) is 5.84 Å². The Hall–Kier alpha value is -1.38. The summed E-state index contributed by atoms with van der Waals surface area (Å²) in [4.78, 5) is 8.53. The van der Waals surface area contributed by atoms with Crippen molar-refractivity contribution in [3.8, 4) is 0 Å². The van der Waals surface area contributed by atoms with E-state index in [2.05, 4.69) is 16.9 Å². The molecule has 3 nitrogen and oxygen atoms in total. The first-order chi connectivity index (χ1) is 6.65. The van der Waals surface area contributed by atoms with E-state index in [4.69, 9.17) is 5.73 Å². The molecular weight excluding hydrogens is 174 g/mol. The minimum atomic E-state index is 0.210. The summed E-state index contributed by atoms with van der Waals surface area (Å²) < 4.78 is 0. The highest BCUT2D eigenvalue weighted by Gasteiger charge is 2.05. The lowest BCUT2D eigenvalue weighted by Gasteiger charge is -2.06. The van der Waals surface area contributed by atoms with Crippen LogP contribution in [0.3, 0.4) is 0 Å². The number of nitrogens with zero attached hydrogens (tertiary/aromatic N) is 2. The fraction of sp³-hybridized carbons (Fsp3) is 0.455. The van der Waals surface area contributed by atoms with E-state index >= 15 is 0 Å². The van der Waals surface area contributed by atoms with Crippen molar-refractivity contribution in [2.75, 3.05) is 0 Å². The Morgan fingerprint density at radius 3 is 2.86 bits per heavy atom. The zero-order valence-corrected chi connectivity index (χ0v) is 8.99. The van der Waals surface area contributed by atoms with Crippen LogP contribution in [0.2, 0.25) is 0 Å². The lowest BCUT2D eigenvalue weighted by Crippen LogP contribution is -2.19. The van der Waals surface area contributed by atoms with Crippen molar-refractivity contribution in [2.45, 2.75) is 33.2 Å². The standard InChI is InChI=1S/C11H17N3/c1-4-9-6-5-7-13-10(9)11(12)14-8(2)3/h5-8H,4H2,1-3H3,(H2,12,14). The number of pyridine rings is 1. The van der Waals surface area contributed by atoms with Crippen molar-refractivity contribution < 1.29 is 0 Å². The van der Waals surface area contributed by atoms with E-state index in [9.17, 15) is 0 Å².